The molecule has 1 amide bonds. The number of rotatable bonds is 9. The number of hydrogen-bond donors (Lipinski definition) is 4. The van der Waals surface area contributed by atoms with Crippen molar-refractivity contribution in [3.05, 3.63) is 65.4 Å². The van der Waals surface area contributed by atoms with E-state index in [4.69, 9.17) is 0 Å². The minimum atomic E-state index is -0.677. The first-order valence-electron chi connectivity index (χ1n) is 12.9. The summed E-state index contributed by atoms with van der Waals surface area (Å²) >= 11 is 1.63. The monoisotopic (exact) mass is 492 g/mol. The summed E-state index contributed by atoms with van der Waals surface area (Å²) in [6, 6.07) is 14.1. The molecule has 1 aromatic heterocycles. The molecule has 186 valence electrons. The second-order valence-corrected chi connectivity index (χ2v) is 10.6. The summed E-state index contributed by atoms with van der Waals surface area (Å²) < 4.78 is 5.64. The molecule has 7 heteroatoms. The summed E-state index contributed by atoms with van der Waals surface area (Å²) in [5.41, 5.74) is 5.11. The fourth-order valence-corrected chi connectivity index (χ4v) is 6.14. The molecule has 1 saturated carbocycles. The normalized spacial score (nSPS) is 17.7. The number of benzene rings is 2. The molecule has 1 aliphatic carbocycles. The van der Waals surface area contributed by atoms with Crippen LogP contribution in [0.3, 0.4) is 0 Å². The smallest absolute Gasteiger partial charge is 0.251 e. The zero-order chi connectivity index (χ0) is 24.2. The number of nitrogens with one attached hydrogen (secondary N) is 3. The Morgan fingerprint density at radius 3 is 2.77 bits per heavy atom. The molecule has 1 fully saturated rings. The van der Waals surface area contributed by atoms with Crippen LogP contribution in [-0.4, -0.2) is 40.3 Å². The summed E-state index contributed by atoms with van der Waals surface area (Å²) in [5, 5.41) is 19.0. The number of nitrogens with zero attached hydrogens (tertiary/aromatic N) is 1. The number of carbonyl (C=O) groups is 1. The molecule has 0 saturated heterocycles. The highest BCUT2D eigenvalue weighted by Crippen LogP contribution is 2.36. The highest BCUT2D eigenvalue weighted by Gasteiger charge is 2.25. The standard InChI is InChI=1S/C28H36N4O2S/c1-2-20-17-32-18-35-31-25-15-21(14-23(20)27(25)32)28(34)30-24(13-19-9-5-3-6-10-19)26(33)16-29-22-11-7-4-8-12-22/h3,5-6,9-10,14-15,17,22,24,26,29,31,33H,2,4,7-8,11-13,16,18H2,1H3,(H,30,34)/t24-,26+/m0/s1. The van der Waals surface area contributed by atoms with Gasteiger partial charge >= 0.3 is 0 Å². The van der Waals surface area contributed by atoms with Crippen molar-refractivity contribution in [2.75, 3.05) is 11.3 Å². The van der Waals surface area contributed by atoms with Gasteiger partial charge in [-0.1, -0.05) is 56.5 Å². The third kappa shape index (κ3) is 5.52. The van der Waals surface area contributed by atoms with Gasteiger partial charge in [-0.05, 0) is 60.9 Å². The van der Waals surface area contributed by atoms with Crippen LogP contribution in [0.4, 0.5) is 5.69 Å². The minimum Gasteiger partial charge on any atom is -0.390 e. The van der Waals surface area contributed by atoms with Crippen LogP contribution in [0.1, 0.15) is 60.5 Å². The van der Waals surface area contributed by atoms with Crippen molar-refractivity contribution in [2.24, 2.45) is 0 Å². The Hall–Kier alpha value is -2.48. The summed E-state index contributed by atoms with van der Waals surface area (Å²) in [7, 11) is 0. The van der Waals surface area contributed by atoms with Crippen molar-refractivity contribution in [3.8, 4) is 0 Å². The lowest BCUT2D eigenvalue weighted by Crippen LogP contribution is -2.50. The number of hydrogen-bond acceptors (Lipinski definition) is 5. The van der Waals surface area contributed by atoms with Crippen LogP contribution < -0.4 is 15.4 Å². The Labute approximate surface area is 212 Å². The quantitative estimate of drug-likeness (QED) is 0.321. The maximum absolute atomic E-state index is 13.5. The van der Waals surface area contributed by atoms with Gasteiger partial charge in [0.15, 0.2) is 0 Å². The summed E-state index contributed by atoms with van der Waals surface area (Å²) in [6.07, 6.45) is 9.14. The van der Waals surface area contributed by atoms with Gasteiger partial charge in [-0.3, -0.25) is 4.79 Å². The molecule has 1 aliphatic heterocycles. The summed E-state index contributed by atoms with van der Waals surface area (Å²) in [4.78, 5) is 13.5. The molecule has 5 rings (SSSR count). The second-order valence-electron chi connectivity index (χ2n) is 9.85. The largest absolute Gasteiger partial charge is 0.390 e. The Morgan fingerprint density at radius 2 is 2.00 bits per heavy atom. The van der Waals surface area contributed by atoms with Gasteiger partial charge in [-0.25, -0.2) is 0 Å². The van der Waals surface area contributed by atoms with Gasteiger partial charge in [0.05, 0.1) is 29.2 Å². The second kappa shape index (κ2) is 11.1. The van der Waals surface area contributed by atoms with Gasteiger partial charge in [0.1, 0.15) is 0 Å². The van der Waals surface area contributed by atoms with Gasteiger partial charge in [0.2, 0.25) is 0 Å². The third-order valence-corrected chi connectivity index (χ3v) is 8.16. The zero-order valence-corrected chi connectivity index (χ0v) is 21.2. The fraction of sp³-hybridized carbons (Fsp3) is 0.464. The molecule has 4 N–H and O–H groups in total. The van der Waals surface area contributed by atoms with E-state index in [0.29, 0.717) is 24.6 Å². The Balaban J connectivity index is 1.36. The molecule has 0 radical (unpaired) electrons. The van der Waals surface area contributed by atoms with E-state index in [1.165, 1.54) is 24.8 Å². The van der Waals surface area contributed by atoms with Crippen LogP contribution in [0.15, 0.2) is 48.7 Å². The van der Waals surface area contributed by atoms with E-state index >= 15 is 0 Å². The number of amides is 1. The number of carbonyl (C=O) groups excluding carboxylic acids is 1. The number of aryl methyl sites for hydroxylation is 1. The van der Waals surface area contributed by atoms with Crippen LogP contribution in [0.25, 0.3) is 10.9 Å². The van der Waals surface area contributed by atoms with E-state index in [1.54, 1.807) is 11.9 Å². The van der Waals surface area contributed by atoms with E-state index < -0.39 is 6.10 Å². The minimum absolute atomic E-state index is 0.145. The number of aliphatic hydroxyl groups is 1. The SMILES string of the molecule is CCc1cn2c3c(cc(C(=O)N[C@@H](Cc4ccccc4)[C@H](O)CNC4CCCCC4)cc13)NSC2. The summed E-state index contributed by atoms with van der Waals surface area (Å²) in [5.74, 6) is 0.710. The first kappa shape index (κ1) is 24.2. The molecule has 2 aliphatic rings. The van der Waals surface area contributed by atoms with Gasteiger partial charge in [0, 0.05) is 29.7 Å². The highest BCUT2D eigenvalue weighted by atomic mass is 32.2. The number of anilines is 1. The van der Waals surface area contributed by atoms with Crippen molar-refractivity contribution in [3.63, 3.8) is 0 Å². The third-order valence-electron chi connectivity index (χ3n) is 7.38. The Bertz CT molecular complexity index is 1160. The lowest BCUT2D eigenvalue weighted by Gasteiger charge is -2.28. The number of aromatic nitrogens is 1. The van der Waals surface area contributed by atoms with Crippen LogP contribution in [0.2, 0.25) is 0 Å². The molecule has 3 aromatic rings. The first-order chi connectivity index (χ1) is 17.1. The van der Waals surface area contributed by atoms with Crippen LogP contribution >= 0.6 is 11.9 Å². The van der Waals surface area contributed by atoms with Gasteiger partial charge in [-0.2, -0.15) is 0 Å². The molecule has 0 unspecified atom stereocenters. The van der Waals surface area contributed by atoms with E-state index in [0.717, 1.165) is 47.3 Å². The topological polar surface area (TPSA) is 78.3 Å². The highest BCUT2D eigenvalue weighted by molar-refractivity contribution is 7.99. The van der Waals surface area contributed by atoms with Crippen molar-refractivity contribution in [1.82, 2.24) is 15.2 Å². The molecule has 0 spiro atoms. The molecule has 2 aromatic carbocycles. The molecular formula is C28H36N4O2S. The lowest BCUT2D eigenvalue weighted by molar-refractivity contribution is 0.0821. The average Bonchev–Trinajstić information content (AvgIpc) is 3.27. The molecule has 2 heterocycles. The van der Waals surface area contributed by atoms with E-state index in [1.807, 2.05) is 42.5 Å². The van der Waals surface area contributed by atoms with Crippen molar-refractivity contribution >= 4 is 34.4 Å². The van der Waals surface area contributed by atoms with Crippen LogP contribution in [0, 0.1) is 0 Å². The van der Waals surface area contributed by atoms with Crippen molar-refractivity contribution < 1.29 is 9.90 Å². The molecule has 0 bridgehead atoms. The number of aliphatic hydroxyl groups excluding tert-OH is 1. The first-order valence-corrected chi connectivity index (χ1v) is 13.9. The van der Waals surface area contributed by atoms with Gasteiger partial charge < -0.3 is 25.0 Å². The lowest BCUT2D eigenvalue weighted by atomic mass is 9.94. The fourth-order valence-electron chi connectivity index (χ4n) is 5.42. The maximum atomic E-state index is 13.5. The molecule has 35 heavy (non-hydrogen) atoms. The zero-order valence-electron chi connectivity index (χ0n) is 20.4. The van der Waals surface area contributed by atoms with Gasteiger partial charge in [-0.15, -0.1) is 0 Å². The van der Waals surface area contributed by atoms with Crippen LogP contribution in [-0.2, 0) is 18.7 Å². The summed E-state index contributed by atoms with van der Waals surface area (Å²) in [6.45, 7) is 2.63. The van der Waals surface area contributed by atoms with E-state index in [9.17, 15) is 9.90 Å². The van der Waals surface area contributed by atoms with E-state index in [2.05, 4.69) is 33.0 Å². The maximum Gasteiger partial charge on any atom is 0.251 e. The average molecular weight is 493 g/mol. The van der Waals surface area contributed by atoms with Crippen LogP contribution in [0.5, 0.6) is 0 Å². The molecule has 6 nitrogen and oxygen atoms in total. The Morgan fingerprint density at radius 1 is 1.20 bits per heavy atom. The van der Waals surface area contributed by atoms with Gasteiger partial charge in [0.25, 0.3) is 5.91 Å². The van der Waals surface area contributed by atoms with Crippen molar-refractivity contribution in [1.29, 1.82) is 0 Å². The molecular weight excluding hydrogens is 456 g/mol. The van der Waals surface area contributed by atoms with E-state index in [-0.39, 0.29) is 11.9 Å². The predicted octanol–water partition coefficient (Wildman–Crippen LogP) is 4.86. The predicted molar refractivity (Wildman–Crippen MR) is 145 cm³/mol. The molecule has 2 atom stereocenters. The van der Waals surface area contributed by atoms with Crippen molar-refractivity contribution in [2.45, 2.75) is 75.9 Å². The Kier molecular flexibility index (Phi) is 7.66.